The van der Waals surface area contributed by atoms with Crippen LogP contribution in [0.5, 0.6) is 0 Å². The van der Waals surface area contributed by atoms with Crippen LogP contribution in [0, 0.1) is 5.92 Å². The van der Waals surface area contributed by atoms with Crippen molar-refractivity contribution >= 4 is 22.5 Å². The van der Waals surface area contributed by atoms with Crippen LogP contribution >= 0.6 is 0 Å². The van der Waals surface area contributed by atoms with E-state index in [1.165, 1.54) is 0 Å². The Morgan fingerprint density at radius 2 is 1.84 bits per heavy atom. The molecule has 32 heavy (non-hydrogen) atoms. The number of pyridine rings is 2. The summed E-state index contributed by atoms with van der Waals surface area (Å²) >= 11 is 0. The van der Waals surface area contributed by atoms with Gasteiger partial charge in [0.25, 0.3) is 0 Å². The number of fused-ring (bicyclic) bond motifs is 1. The van der Waals surface area contributed by atoms with Gasteiger partial charge in [-0.15, -0.1) is 0 Å². The summed E-state index contributed by atoms with van der Waals surface area (Å²) in [5.41, 5.74) is 3.26. The number of ketones is 1. The van der Waals surface area contributed by atoms with Gasteiger partial charge in [0, 0.05) is 47.3 Å². The first-order chi connectivity index (χ1) is 15.4. The number of nitrogens with one attached hydrogen (secondary N) is 1. The quantitative estimate of drug-likeness (QED) is 0.601. The first-order valence-electron chi connectivity index (χ1n) is 11.5. The smallest absolute Gasteiger partial charge is 0.145 e. The number of carbonyl (C=O) groups excluding carboxylic acids is 1. The number of hydrogen-bond acceptors (Lipinski definition) is 7. The molecule has 0 aromatic carbocycles. The highest BCUT2D eigenvalue weighted by Gasteiger charge is 2.26. The average Bonchev–Trinajstić information content (AvgIpc) is 2.78. The number of rotatable bonds is 7. The van der Waals surface area contributed by atoms with Gasteiger partial charge in [0.05, 0.1) is 29.8 Å². The van der Waals surface area contributed by atoms with E-state index in [1.807, 2.05) is 12.1 Å². The maximum absolute atomic E-state index is 12.9. The number of aromatic nitrogens is 4. The predicted octanol–water partition coefficient (Wildman–Crippen LogP) is 4.14. The van der Waals surface area contributed by atoms with Gasteiger partial charge >= 0.3 is 0 Å². The Labute approximate surface area is 189 Å². The number of hydrogen-bond donors (Lipinski definition) is 1. The van der Waals surface area contributed by atoms with Crippen LogP contribution in [0.3, 0.4) is 0 Å². The van der Waals surface area contributed by atoms with Crippen molar-refractivity contribution in [1.29, 1.82) is 0 Å². The fraction of sp³-hybridized carbons (Fsp3) is 0.480. The van der Waals surface area contributed by atoms with Crippen LogP contribution in [-0.2, 0) is 11.2 Å². The zero-order valence-corrected chi connectivity index (χ0v) is 19.4. The van der Waals surface area contributed by atoms with E-state index in [9.17, 15) is 4.79 Å². The molecule has 1 aliphatic heterocycles. The zero-order chi connectivity index (χ0) is 22.7. The molecule has 0 spiro atoms. The molecule has 1 fully saturated rings. The largest absolute Gasteiger partial charge is 0.367 e. The van der Waals surface area contributed by atoms with Crippen molar-refractivity contribution in [3.8, 4) is 11.3 Å². The molecule has 0 unspecified atom stereocenters. The minimum atomic E-state index is 0.137. The van der Waals surface area contributed by atoms with Crippen molar-refractivity contribution in [3.63, 3.8) is 0 Å². The Balaban J connectivity index is 1.50. The van der Waals surface area contributed by atoms with E-state index in [4.69, 9.17) is 0 Å². The molecule has 0 saturated carbocycles. The van der Waals surface area contributed by atoms with Crippen molar-refractivity contribution in [2.45, 2.75) is 59.0 Å². The second-order valence-electron chi connectivity index (χ2n) is 9.23. The number of piperidine rings is 1. The summed E-state index contributed by atoms with van der Waals surface area (Å²) in [6, 6.07) is 4.85. The molecule has 0 radical (unpaired) electrons. The highest BCUT2D eigenvalue weighted by atomic mass is 16.1. The molecule has 4 rings (SSSR count). The van der Waals surface area contributed by atoms with Gasteiger partial charge in [-0.1, -0.05) is 0 Å². The van der Waals surface area contributed by atoms with Gasteiger partial charge in [-0.3, -0.25) is 19.7 Å². The number of nitrogens with zero attached hydrogens (tertiary/aromatic N) is 5. The first kappa shape index (κ1) is 22.3. The van der Waals surface area contributed by atoms with E-state index >= 15 is 0 Å². The monoisotopic (exact) mass is 432 g/mol. The molecule has 4 heterocycles. The molecular formula is C25H32N6O. The molecule has 0 atom stereocenters. The number of likely N-dealkylation sites (tertiary alicyclic amines) is 1. The lowest BCUT2D eigenvalue weighted by Gasteiger charge is -2.33. The standard InChI is InChI=1S/C25H32N6O/c1-16(2)29-25-15-26-13-23(30-25)20-9-19-10-21(27-14-22(19)28-12-20)11-24(32)18-5-7-31(8-6-18)17(3)4/h9-10,12-18H,5-8,11H2,1-4H3,(H,29,30). The van der Waals surface area contributed by atoms with Gasteiger partial charge in [-0.05, 0) is 65.8 Å². The Hall–Kier alpha value is -2.93. The zero-order valence-electron chi connectivity index (χ0n) is 19.4. The van der Waals surface area contributed by atoms with Crippen molar-refractivity contribution in [2.75, 3.05) is 18.4 Å². The van der Waals surface area contributed by atoms with Gasteiger partial charge < -0.3 is 10.2 Å². The van der Waals surface area contributed by atoms with Crippen LogP contribution in [0.15, 0.2) is 36.9 Å². The molecule has 1 saturated heterocycles. The van der Waals surface area contributed by atoms with Crippen molar-refractivity contribution < 1.29 is 4.79 Å². The summed E-state index contributed by atoms with van der Waals surface area (Å²) in [6.07, 6.45) is 9.26. The first-order valence-corrected chi connectivity index (χ1v) is 11.5. The maximum atomic E-state index is 12.9. The van der Waals surface area contributed by atoms with Crippen LogP contribution in [0.25, 0.3) is 22.2 Å². The van der Waals surface area contributed by atoms with Crippen molar-refractivity contribution in [2.24, 2.45) is 5.92 Å². The molecule has 3 aromatic heterocycles. The highest BCUT2D eigenvalue weighted by molar-refractivity contribution is 5.86. The lowest BCUT2D eigenvalue weighted by Crippen LogP contribution is -2.40. The molecule has 0 amide bonds. The lowest BCUT2D eigenvalue weighted by atomic mass is 9.89. The van der Waals surface area contributed by atoms with Gasteiger partial charge in [0.15, 0.2) is 0 Å². The maximum Gasteiger partial charge on any atom is 0.145 e. The van der Waals surface area contributed by atoms with Crippen molar-refractivity contribution in [1.82, 2.24) is 24.8 Å². The predicted molar refractivity (Wildman–Crippen MR) is 127 cm³/mol. The van der Waals surface area contributed by atoms with Crippen LogP contribution in [0.4, 0.5) is 5.82 Å². The molecule has 0 aliphatic carbocycles. The fourth-order valence-electron chi connectivity index (χ4n) is 4.24. The normalized spacial score (nSPS) is 15.6. The molecular weight excluding hydrogens is 400 g/mol. The average molecular weight is 433 g/mol. The van der Waals surface area contributed by atoms with Gasteiger partial charge in [-0.25, -0.2) is 4.98 Å². The van der Waals surface area contributed by atoms with Crippen LogP contribution in [0.1, 0.15) is 46.2 Å². The Bertz CT molecular complexity index is 1090. The molecule has 1 aliphatic rings. The minimum absolute atomic E-state index is 0.137. The number of carbonyl (C=O) groups is 1. The summed E-state index contributed by atoms with van der Waals surface area (Å²) in [5.74, 6) is 1.17. The van der Waals surface area contributed by atoms with Crippen LogP contribution in [-0.4, -0.2) is 55.8 Å². The second-order valence-corrected chi connectivity index (χ2v) is 9.23. The Kier molecular flexibility index (Phi) is 6.74. The van der Waals surface area contributed by atoms with Crippen LogP contribution < -0.4 is 5.32 Å². The van der Waals surface area contributed by atoms with E-state index in [-0.39, 0.29) is 12.0 Å². The highest BCUT2D eigenvalue weighted by Crippen LogP contribution is 2.24. The molecule has 3 aromatic rings. The van der Waals surface area contributed by atoms with Crippen LogP contribution in [0.2, 0.25) is 0 Å². The molecule has 7 nitrogen and oxygen atoms in total. The third-order valence-corrected chi connectivity index (χ3v) is 6.06. The number of Topliss-reactive ketones (excluding diaryl/α,β-unsaturated/α-hetero) is 1. The van der Waals surface area contributed by atoms with E-state index in [1.54, 1.807) is 24.8 Å². The summed E-state index contributed by atoms with van der Waals surface area (Å²) in [5, 5.41) is 4.24. The summed E-state index contributed by atoms with van der Waals surface area (Å²) < 4.78 is 0. The molecule has 7 heteroatoms. The van der Waals surface area contributed by atoms with Gasteiger partial charge in [0.2, 0.25) is 0 Å². The molecule has 168 valence electrons. The van der Waals surface area contributed by atoms with E-state index < -0.39 is 0 Å². The number of anilines is 1. The molecule has 1 N–H and O–H groups in total. The van der Waals surface area contributed by atoms with E-state index in [0.29, 0.717) is 18.2 Å². The minimum Gasteiger partial charge on any atom is -0.367 e. The molecule has 0 bridgehead atoms. The summed E-state index contributed by atoms with van der Waals surface area (Å²) in [6.45, 7) is 10.6. The summed E-state index contributed by atoms with van der Waals surface area (Å²) in [4.78, 5) is 33.3. The third kappa shape index (κ3) is 5.27. The van der Waals surface area contributed by atoms with E-state index in [2.05, 4.69) is 57.8 Å². The summed E-state index contributed by atoms with van der Waals surface area (Å²) in [7, 11) is 0. The Morgan fingerprint density at radius 3 is 2.56 bits per heavy atom. The second kappa shape index (κ2) is 9.69. The van der Waals surface area contributed by atoms with Gasteiger partial charge in [0.1, 0.15) is 11.6 Å². The third-order valence-electron chi connectivity index (χ3n) is 6.06. The SMILES string of the molecule is CC(C)Nc1cncc(-c2cnc3cnc(CC(=O)C4CCN(C(C)C)CC4)cc3c2)n1. The van der Waals surface area contributed by atoms with Gasteiger partial charge in [-0.2, -0.15) is 0 Å². The fourth-order valence-corrected chi connectivity index (χ4v) is 4.24. The Morgan fingerprint density at radius 1 is 1.06 bits per heavy atom. The van der Waals surface area contributed by atoms with E-state index in [0.717, 1.165) is 59.6 Å². The van der Waals surface area contributed by atoms with Crippen molar-refractivity contribution in [3.05, 3.63) is 42.6 Å². The topological polar surface area (TPSA) is 83.9 Å². The lowest BCUT2D eigenvalue weighted by molar-refractivity contribution is -0.123.